The Morgan fingerprint density at radius 1 is 1.56 bits per heavy atom. The Morgan fingerprint density at radius 3 is 2.67 bits per heavy atom. The first-order valence-corrected chi connectivity index (χ1v) is 3.36. The van der Waals surface area contributed by atoms with Crippen molar-refractivity contribution in [2.75, 3.05) is 0 Å². The van der Waals surface area contributed by atoms with Crippen molar-refractivity contribution in [3.05, 3.63) is 11.4 Å². The molecule has 0 unspecified atom stereocenters. The van der Waals surface area contributed by atoms with Crippen LogP contribution in [0.5, 0.6) is 0 Å². The molecule has 1 aliphatic heterocycles. The lowest BCUT2D eigenvalue weighted by Gasteiger charge is -2.16. The summed E-state index contributed by atoms with van der Waals surface area (Å²) >= 11 is 4.91. The zero-order chi connectivity index (χ0) is 6.85. The molecule has 0 saturated heterocycles. The van der Waals surface area contributed by atoms with Gasteiger partial charge in [0.05, 0.1) is 10.8 Å². The summed E-state index contributed by atoms with van der Waals surface area (Å²) in [7, 11) is 0. The van der Waals surface area contributed by atoms with Gasteiger partial charge in [-0.25, -0.2) is 0 Å². The molecule has 0 saturated carbocycles. The van der Waals surface area contributed by atoms with E-state index in [9.17, 15) is 0 Å². The van der Waals surface area contributed by atoms with Crippen molar-refractivity contribution in [1.29, 1.82) is 0 Å². The van der Waals surface area contributed by atoms with Gasteiger partial charge in [0.15, 0.2) is 0 Å². The van der Waals surface area contributed by atoms with E-state index in [1.54, 1.807) is 0 Å². The normalized spacial score (nSPS) is 19.9. The van der Waals surface area contributed by atoms with E-state index in [1.807, 2.05) is 6.92 Å². The quantitative estimate of drug-likeness (QED) is 0.493. The Hall–Kier alpha value is -0.570. The van der Waals surface area contributed by atoms with Crippen LogP contribution < -0.4 is 11.1 Å². The summed E-state index contributed by atoms with van der Waals surface area (Å²) in [6, 6.07) is 0. The van der Waals surface area contributed by atoms with Crippen LogP contribution >= 0.6 is 12.2 Å². The lowest BCUT2D eigenvalue weighted by molar-refractivity contribution is 0.869. The lowest BCUT2D eigenvalue weighted by atomic mass is 10.1. The number of nitrogens with one attached hydrogen (secondary N) is 1. The van der Waals surface area contributed by atoms with Crippen molar-refractivity contribution in [2.24, 2.45) is 5.73 Å². The number of allylic oxidation sites excluding steroid dienone is 1. The maximum Gasteiger partial charge on any atom is 0.0997 e. The maximum atomic E-state index is 5.55. The molecule has 0 amide bonds. The van der Waals surface area contributed by atoms with Gasteiger partial charge in [-0.3, -0.25) is 0 Å². The van der Waals surface area contributed by atoms with Crippen LogP contribution in [0.1, 0.15) is 19.8 Å². The highest BCUT2D eigenvalue weighted by molar-refractivity contribution is 7.80. The smallest absolute Gasteiger partial charge is 0.0997 e. The molecule has 3 heteroatoms. The molecule has 3 N–H and O–H groups in total. The minimum atomic E-state index is 0.742. The average Bonchev–Trinajstić information content (AvgIpc) is 1.80. The fourth-order valence-electron chi connectivity index (χ4n) is 0.755. The van der Waals surface area contributed by atoms with Gasteiger partial charge in [0.25, 0.3) is 0 Å². The third-order valence-corrected chi connectivity index (χ3v) is 1.77. The van der Waals surface area contributed by atoms with Crippen molar-refractivity contribution >= 4 is 17.2 Å². The van der Waals surface area contributed by atoms with Crippen LogP contribution in [0.25, 0.3) is 0 Å². The minimum absolute atomic E-state index is 0.742. The molecule has 0 aromatic rings. The minimum Gasteiger partial charge on any atom is -0.385 e. The number of nitrogens with two attached hydrogens (primary N) is 1. The van der Waals surface area contributed by atoms with E-state index in [0.717, 1.165) is 23.7 Å². The van der Waals surface area contributed by atoms with E-state index in [-0.39, 0.29) is 0 Å². The third-order valence-electron chi connectivity index (χ3n) is 1.46. The largest absolute Gasteiger partial charge is 0.385 e. The van der Waals surface area contributed by atoms with Crippen molar-refractivity contribution in [2.45, 2.75) is 19.8 Å². The van der Waals surface area contributed by atoms with E-state index in [2.05, 4.69) is 5.32 Å². The molecule has 0 radical (unpaired) electrons. The summed E-state index contributed by atoms with van der Waals surface area (Å²) in [5.74, 6) is 0.742. The second kappa shape index (κ2) is 2.35. The van der Waals surface area contributed by atoms with E-state index in [1.165, 1.54) is 5.57 Å². The van der Waals surface area contributed by atoms with E-state index < -0.39 is 0 Å². The molecular formula is C6H10N2S. The molecule has 1 heterocycles. The highest BCUT2D eigenvalue weighted by Gasteiger charge is 2.07. The van der Waals surface area contributed by atoms with E-state index in [4.69, 9.17) is 18.0 Å². The summed E-state index contributed by atoms with van der Waals surface area (Å²) in [5, 5.41) is 2.92. The molecule has 0 aromatic carbocycles. The Kier molecular flexibility index (Phi) is 1.71. The molecule has 0 bridgehead atoms. The van der Waals surface area contributed by atoms with Crippen LogP contribution in [-0.2, 0) is 0 Å². The fourth-order valence-corrected chi connectivity index (χ4v) is 0.967. The van der Waals surface area contributed by atoms with Crippen LogP contribution in [0.2, 0.25) is 0 Å². The SMILES string of the molecule is CC1=C(N)NC(=S)CC1. The molecule has 9 heavy (non-hydrogen) atoms. The van der Waals surface area contributed by atoms with Crippen LogP contribution in [0.4, 0.5) is 0 Å². The van der Waals surface area contributed by atoms with Gasteiger partial charge in [-0.2, -0.15) is 0 Å². The van der Waals surface area contributed by atoms with E-state index in [0.29, 0.717) is 0 Å². The van der Waals surface area contributed by atoms with Crippen molar-refractivity contribution < 1.29 is 0 Å². The first-order chi connectivity index (χ1) is 4.20. The van der Waals surface area contributed by atoms with Gasteiger partial charge >= 0.3 is 0 Å². The molecule has 1 rings (SSSR count). The van der Waals surface area contributed by atoms with Gasteiger partial charge in [-0.05, 0) is 18.9 Å². The zero-order valence-electron chi connectivity index (χ0n) is 5.40. The van der Waals surface area contributed by atoms with Crippen LogP contribution in [0.15, 0.2) is 11.4 Å². The Bertz CT molecular complexity index is 172. The number of thiocarbonyl (C=S) groups is 1. The summed E-state index contributed by atoms with van der Waals surface area (Å²) in [4.78, 5) is 0.859. The number of hydrogen-bond donors (Lipinski definition) is 2. The lowest BCUT2D eigenvalue weighted by Crippen LogP contribution is -2.30. The highest BCUT2D eigenvalue weighted by Crippen LogP contribution is 2.10. The van der Waals surface area contributed by atoms with Gasteiger partial charge in [0.2, 0.25) is 0 Å². The molecule has 0 aromatic heterocycles. The number of hydrogen-bond acceptors (Lipinski definition) is 2. The molecule has 50 valence electrons. The third kappa shape index (κ3) is 1.42. The molecular weight excluding hydrogens is 132 g/mol. The topological polar surface area (TPSA) is 38.0 Å². The second-order valence-corrected chi connectivity index (χ2v) is 2.73. The van der Waals surface area contributed by atoms with Gasteiger partial charge in [-0.1, -0.05) is 12.2 Å². The summed E-state index contributed by atoms with van der Waals surface area (Å²) < 4.78 is 0. The highest BCUT2D eigenvalue weighted by atomic mass is 32.1. The predicted octanol–water partition coefficient (Wildman–Crippen LogP) is 0.887. The van der Waals surface area contributed by atoms with Crippen molar-refractivity contribution in [3.63, 3.8) is 0 Å². The van der Waals surface area contributed by atoms with Gasteiger partial charge in [0, 0.05) is 6.42 Å². The number of rotatable bonds is 0. The monoisotopic (exact) mass is 142 g/mol. The Balaban J connectivity index is 2.72. The molecule has 2 nitrogen and oxygen atoms in total. The summed E-state index contributed by atoms with van der Waals surface area (Å²) in [5.41, 5.74) is 6.76. The molecule has 0 atom stereocenters. The maximum absolute atomic E-state index is 5.55. The van der Waals surface area contributed by atoms with Crippen molar-refractivity contribution in [3.8, 4) is 0 Å². The average molecular weight is 142 g/mol. The van der Waals surface area contributed by atoms with Crippen LogP contribution in [0, 0.1) is 0 Å². The Labute approximate surface area is 60.1 Å². The predicted molar refractivity (Wildman–Crippen MR) is 41.9 cm³/mol. The van der Waals surface area contributed by atoms with Gasteiger partial charge < -0.3 is 11.1 Å². The van der Waals surface area contributed by atoms with Crippen LogP contribution in [0.3, 0.4) is 0 Å². The second-order valence-electron chi connectivity index (χ2n) is 2.24. The molecule has 0 fully saturated rings. The Morgan fingerprint density at radius 2 is 2.22 bits per heavy atom. The summed E-state index contributed by atoms with van der Waals surface area (Å²) in [6.45, 7) is 2.02. The zero-order valence-corrected chi connectivity index (χ0v) is 6.22. The van der Waals surface area contributed by atoms with Gasteiger partial charge in [-0.15, -0.1) is 0 Å². The molecule has 0 aliphatic carbocycles. The van der Waals surface area contributed by atoms with Crippen LogP contribution in [-0.4, -0.2) is 4.99 Å². The first-order valence-electron chi connectivity index (χ1n) is 2.95. The molecule has 0 spiro atoms. The van der Waals surface area contributed by atoms with E-state index >= 15 is 0 Å². The fraction of sp³-hybridized carbons (Fsp3) is 0.500. The van der Waals surface area contributed by atoms with Gasteiger partial charge in [0.1, 0.15) is 0 Å². The first kappa shape index (κ1) is 6.55. The summed E-state index contributed by atoms with van der Waals surface area (Å²) in [6.07, 6.45) is 1.96. The standard InChI is InChI=1S/C6H10N2S/c1-4-2-3-5(9)8-6(4)7/h2-3,7H2,1H3,(H,8,9). The molecule has 1 aliphatic rings. The van der Waals surface area contributed by atoms with Crippen molar-refractivity contribution in [1.82, 2.24) is 5.32 Å².